The second-order valence-electron chi connectivity index (χ2n) is 5.34. The van der Waals surface area contributed by atoms with Crippen LogP contribution in [-0.4, -0.2) is 62.6 Å². The summed E-state index contributed by atoms with van der Waals surface area (Å²) in [5.41, 5.74) is 0.931. The van der Waals surface area contributed by atoms with E-state index in [0.717, 1.165) is 24.4 Å². The van der Waals surface area contributed by atoms with Crippen LogP contribution in [-0.2, 0) is 11.3 Å². The molecule has 1 aromatic rings. The predicted molar refractivity (Wildman–Crippen MR) is 83.8 cm³/mol. The molecule has 1 fully saturated rings. The maximum atomic E-state index is 12.3. The van der Waals surface area contributed by atoms with Crippen LogP contribution in [0.2, 0.25) is 5.02 Å². The van der Waals surface area contributed by atoms with Crippen molar-refractivity contribution in [3.63, 3.8) is 0 Å². The van der Waals surface area contributed by atoms with Crippen molar-refractivity contribution in [2.75, 3.05) is 40.8 Å². The molecule has 1 aromatic carbocycles. The molecule has 0 spiro atoms. The zero-order chi connectivity index (χ0) is 15.4. The minimum atomic E-state index is -0.172. The number of methoxy groups -OCH3 is 1. The Morgan fingerprint density at radius 1 is 1.52 bits per heavy atom. The summed E-state index contributed by atoms with van der Waals surface area (Å²) in [4.78, 5) is 16.1. The number of ether oxygens (including phenoxy) is 1. The molecule has 1 heterocycles. The average molecular weight is 312 g/mol. The molecule has 5 nitrogen and oxygen atoms in total. The molecule has 0 radical (unpaired) electrons. The Bertz CT molecular complexity index is 508. The molecule has 0 aromatic heterocycles. The van der Waals surface area contributed by atoms with Crippen LogP contribution in [0.5, 0.6) is 5.75 Å². The number of halogens is 1. The molecule has 0 bridgehead atoms. The van der Waals surface area contributed by atoms with Crippen LogP contribution in [0.1, 0.15) is 5.56 Å². The van der Waals surface area contributed by atoms with Crippen LogP contribution in [0.4, 0.5) is 0 Å². The number of hydrogen-bond donors (Lipinski definition) is 1. The van der Waals surface area contributed by atoms with Gasteiger partial charge in [-0.1, -0.05) is 17.7 Å². The Labute approximate surface area is 130 Å². The van der Waals surface area contributed by atoms with Crippen LogP contribution >= 0.6 is 11.6 Å². The topological polar surface area (TPSA) is 44.8 Å². The van der Waals surface area contributed by atoms with Crippen molar-refractivity contribution in [1.82, 2.24) is 15.1 Å². The van der Waals surface area contributed by atoms with E-state index >= 15 is 0 Å². The van der Waals surface area contributed by atoms with Gasteiger partial charge in [-0.25, -0.2) is 0 Å². The van der Waals surface area contributed by atoms with Crippen molar-refractivity contribution in [3.8, 4) is 5.75 Å². The van der Waals surface area contributed by atoms with Gasteiger partial charge in [0.1, 0.15) is 11.8 Å². The third-order valence-electron chi connectivity index (χ3n) is 3.74. The quantitative estimate of drug-likeness (QED) is 0.908. The summed E-state index contributed by atoms with van der Waals surface area (Å²) < 4.78 is 5.39. The number of amides is 1. The Hall–Kier alpha value is -1.30. The zero-order valence-electron chi connectivity index (χ0n) is 12.7. The minimum absolute atomic E-state index is 0.105. The lowest BCUT2D eigenvalue weighted by Crippen LogP contribution is -2.57. The molecule has 116 valence electrons. The van der Waals surface area contributed by atoms with E-state index in [0.29, 0.717) is 18.1 Å². The first kappa shape index (κ1) is 16.1. The summed E-state index contributed by atoms with van der Waals surface area (Å²) in [7, 11) is 5.20. The number of likely N-dealkylation sites (N-methyl/N-ethyl adjacent to an activating group) is 1. The van der Waals surface area contributed by atoms with Crippen LogP contribution in [0.25, 0.3) is 0 Å². The molecular formula is C15H22ClN3O2. The summed E-state index contributed by atoms with van der Waals surface area (Å²) in [6.45, 7) is 2.93. The first-order valence-electron chi connectivity index (χ1n) is 7.02. The number of carbonyl (C=O) groups is 1. The van der Waals surface area contributed by atoms with E-state index in [2.05, 4.69) is 10.2 Å². The molecule has 0 saturated carbocycles. The van der Waals surface area contributed by atoms with E-state index in [9.17, 15) is 4.79 Å². The van der Waals surface area contributed by atoms with E-state index in [-0.39, 0.29) is 11.9 Å². The van der Waals surface area contributed by atoms with Gasteiger partial charge in [0.25, 0.3) is 0 Å². The summed E-state index contributed by atoms with van der Waals surface area (Å²) in [6.07, 6.45) is 0. The summed E-state index contributed by atoms with van der Waals surface area (Å²) in [5, 5.41) is 3.95. The van der Waals surface area contributed by atoms with Gasteiger partial charge in [-0.15, -0.1) is 0 Å². The zero-order valence-corrected chi connectivity index (χ0v) is 13.5. The van der Waals surface area contributed by atoms with Gasteiger partial charge in [-0.2, -0.15) is 0 Å². The molecule has 1 N–H and O–H groups in total. The van der Waals surface area contributed by atoms with Gasteiger partial charge in [0, 0.05) is 50.9 Å². The molecule has 1 atom stereocenters. The largest absolute Gasteiger partial charge is 0.496 e. The Morgan fingerprint density at radius 3 is 2.95 bits per heavy atom. The van der Waals surface area contributed by atoms with Gasteiger partial charge < -0.3 is 15.0 Å². The molecule has 1 amide bonds. The lowest BCUT2D eigenvalue weighted by atomic mass is 10.1. The second-order valence-corrected chi connectivity index (χ2v) is 5.75. The number of nitrogens with zero attached hydrogens (tertiary/aromatic N) is 2. The second kappa shape index (κ2) is 7.11. The Morgan fingerprint density at radius 2 is 2.29 bits per heavy atom. The highest BCUT2D eigenvalue weighted by Crippen LogP contribution is 2.28. The summed E-state index contributed by atoms with van der Waals surface area (Å²) in [5.74, 6) is 0.866. The van der Waals surface area contributed by atoms with Gasteiger partial charge in [0.2, 0.25) is 5.91 Å². The molecular weight excluding hydrogens is 290 g/mol. The fourth-order valence-electron chi connectivity index (χ4n) is 2.56. The number of nitrogens with one attached hydrogen (secondary N) is 1. The van der Waals surface area contributed by atoms with Gasteiger partial charge in [0.05, 0.1) is 7.11 Å². The van der Waals surface area contributed by atoms with Crippen LogP contribution in [0.3, 0.4) is 0 Å². The number of hydrogen-bond acceptors (Lipinski definition) is 4. The van der Waals surface area contributed by atoms with Gasteiger partial charge in [0.15, 0.2) is 0 Å². The van der Waals surface area contributed by atoms with Gasteiger partial charge in [-0.05, 0) is 12.1 Å². The van der Waals surface area contributed by atoms with E-state index < -0.39 is 0 Å². The first-order chi connectivity index (χ1) is 10.0. The van der Waals surface area contributed by atoms with E-state index in [4.69, 9.17) is 16.3 Å². The summed E-state index contributed by atoms with van der Waals surface area (Å²) in [6, 6.07) is 5.44. The van der Waals surface area contributed by atoms with Gasteiger partial charge >= 0.3 is 0 Å². The standard InChI is InChI=1S/C15H22ClN3O2/c1-18(2)15(20)13-9-17-7-8-19(13)10-11-12(16)5-4-6-14(11)21-3/h4-6,13,17H,7-10H2,1-3H3. The lowest BCUT2D eigenvalue weighted by molar-refractivity contribution is -0.135. The molecule has 6 heteroatoms. The lowest BCUT2D eigenvalue weighted by Gasteiger charge is -2.36. The van der Waals surface area contributed by atoms with Crippen LogP contribution in [0.15, 0.2) is 18.2 Å². The van der Waals surface area contributed by atoms with Crippen molar-refractivity contribution in [2.24, 2.45) is 0 Å². The number of carbonyl (C=O) groups excluding carboxylic acids is 1. The number of benzene rings is 1. The maximum absolute atomic E-state index is 12.3. The fourth-order valence-corrected chi connectivity index (χ4v) is 2.79. The summed E-state index contributed by atoms with van der Waals surface area (Å²) >= 11 is 6.30. The number of piperazine rings is 1. The average Bonchev–Trinajstić information content (AvgIpc) is 2.49. The van der Waals surface area contributed by atoms with Crippen LogP contribution < -0.4 is 10.1 Å². The van der Waals surface area contributed by atoms with E-state index in [1.54, 1.807) is 26.1 Å². The van der Waals surface area contributed by atoms with Crippen molar-refractivity contribution >= 4 is 17.5 Å². The predicted octanol–water partition coefficient (Wildman–Crippen LogP) is 1.21. The molecule has 1 saturated heterocycles. The Kier molecular flexibility index (Phi) is 5.45. The maximum Gasteiger partial charge on any atom is 0.240 e. The Balaban J connectivity index is 2.22. The highest BCUT2D eigenvalue weighted by atomic mass is 35.5. The van der Waals surface area contributed by atoms with Crippen molar-refractivity contribution in [3.05, 3.63) is 28.8 Å². The van der Waals surface area contributed by atoms with E-state index in [1.165, 1.54) is 0 Å². The fraction of sp³-hybridized carbons (Fsp3) is 0.533. The molecule has 2 rings (SSSR count). The highest BCUT2D eigenvalue weighted by molar-refractivity contribution is 6.31. The van der Waals surface area contributed by atoms with Crippen molar-refractivity contribution in [2.45, 2.75) is 12.6 Å². The van der Waals surface area contributed by atoms with Crippen molar-refractivity contribution in [1.29, 1.82) is 0 Å². The first-order valence-corrected chi connectivity index (χ1v) is 7.39. The molecule has 0 aliphatic carbocycles. The van der Waals surface area contributed by atoms with Crippen LogP contribution in [0, 0.1) is 0 Å². The normalized spacial score (nSPS) is 19.3. The molecule has 1 aliphatic heterocycles. The van der Waals surface area contributed by atoms with E-state index in [1.807, 2.05) is 18.2 Å². The third-order valence-corrected chi connectivity index (χ3v) is 4.09. The third kappa shape index (κ3) is 3.67. The smallest absolute Gasteiger partial charge is 0.240 e. The van der Waals surface area contributed by atoms with Crippen molar-refractivity contribution < 1.29 is 9.53 Å². The SMILES string of the molecule is COc1cccc(Cl)c1CN1CCNCC1C(=O)N(C)C. The molecule has 1 unspecified atom stereocenters. The molecule has 1 aliphatic rings. The number of rotatable bonds is 4. The highest BCUT2D eigenvalue weighted by Gasteiger charge is 2.30. The monoisotopic (exact) mass is 311 g/mol. The minimum Gasteiger partial charge on any atom is -0.496 e. The molecule has 21 heavy (non-hydrogen) atoms. The van der Waals surface area contributed by atoms with Gasteiger partial charge in [-0.3, -0.25) is 9.69 Å².